The predicted molar refractivity (Wildman–Crippen MR) is 89.2 cm³/mol. The van der Waals surface area contributed by atoms with Crippen molar-refractivity contribution in [3.63, 3.8) is 0 Å². The van der Waals surface area contributed by atoms with Crippen molar-refractivity contribution in [3.8, 4) is 5.75 Å². The molecule has 0 saturated carbocycles. The molecule has 0 N–H and O–H groups in total. The summed E-state index contributed by atoms with van der Waals surface area (Å²) in [7, 11) is 0. The van der Waals surface area contributed by atoms with Crippen LogP contribution in [0.1, 0.15) is 28.8 Å². The van der Waals surface area contributed by atoms with Gasteiger partial charge in [-0.2, -0.15) is 0 Å². The number of nitrogens with zero attached hydrogens (tertiary/aromatic N) is 1. The molecule has 1 aliphatic rings. The summed E-state index contributed by atoms with van der Waals surface area (Å²) in [4.78, 5) is 37.4. The predicted octanol–water partition coefficient (Wildman–Crippen LogP) is 2.91. The van der Waals surface area contributed by atoms with Crippen LogP contribution in [0.15, 0.2) is 48.5 Å². The molecular formula is C19H17NO4. The zero-order valence-corrected chi connectivity index (χ0v) is 13.3. The first-order valence-corrected chi connectivity index (χ1v) is 7.78. The molecular weight excluding hydrogens is 306 g/mol. The molecule has 0 aromatic heterocycles. The Hall–Kier alpha value is -2.95. The maximum Gasteiger partial charge on any atom is 0.385 e. The van der Waals surface area contributed by atoms with Gasteiger partial charge >= 0.3 is 5.97 Å². The standard InChI is InChI=1S/C19H17NO4/c1-13-4-6-14(7-5-13)18(22)19(23)24-16-10-8-15(9-11-16)20-12-2-3-17(20)21/h4-11H,2-3,12H2,1H3. The van der Waals surface area contributed by atoms with Crippen LogP contribution < -0.4 is 9.64 Å². The number of rotatable bonds is 4. The summed E-state index contributed by atoms with van der Waals surface area (Å²) in [6.45, 7) is 2.60. The Balaban J connectivity index is 1.67. The van der Waals surface area contributed by atoms with Crippen LogP contribution in [0.2, 0.25) is 0 Å². The van der Waals surface area contributed by atoms with Gasteiger partial charge < -0.3 is 9.64 Å². The van der Waals surface area contributed by atoms with E-state index >= 15 is 0 Å². The monoisotopic (exact) mass is 323 g/mol. The lowest BCUT2D eigenvalue weighted by Crippen LogP contribution is -2.23. The fraction of sp³-hybridized carbons (Fsp3) is 0.211. The highest BCUT2D eigenvalue weighted by molar-refractivity contribution is 6.41. The lowest BCUT2D eigenvalue weighted by Gasteiger charge is -2.15. The van der Waals surface area contributed by atoms with Gasteiger partial charge in [0.05, 0.1) is 0 Å². The van der Waals surface area contributed by atoms with Crippen molar-refractivity contribution >= 4 is 23.3 Å². The summed E-state index contributed by atoms with van der Waals surface area (Å²) in [5.41, 5.74) is 2.07. The average Bonchev–Trinajstić information content (AvgIpc) is 3.01. The molecule has 1 heterocycles. The van der Waals surface area contributed by atoms with Crippen LogP contribution in [0.5, 0.6) is 5.75 Å². The van der Waals surface area contributed by atoms with E-state index in [4.69, 9.17) is 4.74 Å². The molecule has 0 spiro atoms. The van der Waals surface area contributed by atoms with E-state index in [0.29, 0.717) is 18.5 Å². The molecule has 3 rings (SSSR count). The number of hydrogen-bond donors (Lipinski definition) is 0. The number of ether oxygens (including phenoxy) is 1. The molecule has 5 nitrogen and oxygen atoms in total. The van der Waals surface area contributed by atoms with Gasteiger partial charge in [-0.15, -0.1) is 0 Å². The molecule has 5 heteroatoms. The van der Waals surface area contributed by atoms with Gasteiger partial charge in [-0.1, -0.05) is 29.8 Å². The van der Waals surface area contributed by atoms with Crippen LogP contribution >= 0.6 is 0 Å². The van der Waals surface area contributed by atoms with Crippen molar-refractivity contribution in [3.05, 3.63) is 59.7 Å². The summed E-state index contributed by atoms with van der Waals surface area (Å²) in [6, 6.07) is 13.3. The van der Waals surface area contributed by atoms with Gasteiger partial charge in [0.1, 0.15) is 5.75 Å². The van der Waals surface area contributed by atoms with Gasteiger partial charge in [-0.25, -0.2) is 4.79 Å². The molecule has 1 fully saturated rings. The largest absolute Gasteiger partial charge is 0.421 e. The van der Waals surface area contributed by atoms with Crippen molar-refractivity contribution < 1.29 is 19.1 Å². The minimum absolute atomic E-state index is 0.0919. The highest BCUT2D eigenvalue weighted by Crippen LogP contribution is 2.24. The zero-order valence-electron chi connectivity index (χ0n) is 13.3. The topological polar surface area (TPSA) is 63.7 Å². The molecule has 122 valence electrons. The van der Waals surface area contributed by atoms with Crippen LogP contribution in [0, 0.1) is 6.92 Å². The number of ketones is 1. The van der Waals surface area contributed by atoms with E-state index in [1.54, 1.807) is 53.4 Å². The Labute approximate surface area is 139 Å². The number of carbonyl (C=O) groups is 3. The number of anilines is 1. The number of esters is 1. The second-order valence-corrected chi connectivity index (χ2v) is 5.73. The number of aryl methyl sites for hydroxylation is 1. The molecule has 0 radical (unpaired) electrons. The molecule has 0 unspecified atom stereocenters. The zero-order chi connectivity index (χ0) is 17.1. The first-order valence-electron chi connectivity index (χ1n) is 7.78. The van der Waals surface area contributed by atoms with Gasteiger partial charge in [0.15, 0.2) is 0 Å². The Morgan fingerprint density at radius 3 is 2.25 bits per heavy atom. The molecule has 1 amide bonds. The van der Waals surface area contributed by atoms with Crippen LogP contribution in [0.4, 0.5) is 5.69 Å². The fourth-order valence-electron chi connectivity index (χ4n) is 2.59. The van der Waals surface area contributed by atoms with E-state index in [0.717, 1.165) is 17.7 Å². The number of carbonyl (C=O) groups excluding carboxylic acids is 3. The first-order chi connectivity index (χ1) is 11.5. The van der Waals surface area contributed by atoms with Crippen molar-refractivity contribution in [1.82, 2.24) is 0 Å². The van der Waals surface area contributed by atoms with Crippen molar-refractivity contribution in [1.29, 1.82) is 0 Å². The van der Waals surface area contributed by atoms with E-state index in [-0.39, 0.29) is 11.7 Å². The molecule has 0 aliphatic carbocycles. The molecule has 0 bridgehead atoms. The third-order valence-corrected chi connectivity index (χ3v) is 3.93. The molecule has 2 aromatic rings. The van der Waals surface area contributed by atoms with Gasteiger partial charge in [-0.3, -0.25) is 9.59 Å². The number of Topliss-reactive ketones (excluding diaryl/α,β-unsaturated/α-hetero) is 1. The minimum Gasteiger partial charge on any atom is -0.421 e. The number of hydrogen-bond acceptors (Lipinski definition) is 4. The van der Waals surface area contributed by atoms with Crippen LogP contribution in [-0.4, -0.2) is 24.2 Å². The normalized spacial score (nSPS) is 13.9. The summed E-state index contributed by atoms with van der Waals surface area (Å²) in [5, 5.41) is 0. The number of benzene rings is 2. The number of amides is 1. The third-order valence-electron chi connectivity index (χ3n) is 3.93. The van der Waals surface area contributed by atoms with Crippen molar-refractivity contribution in [2.45, 2.75) is 19.8 Å². The summed E-state index contributed by atoms with van der Waals surface area (Å²) in [6.07, 6.45) is 1.41. The van der Waals surface area contributed by atoms with E-state index < -0.39 is 11.8 Å². The minimum atomic E-state index is -0.927. The lowest BCUT2D eigenvalue weighted by molar-refractivity contribution is -0.129. The van der Waals surface area contributed by atoms with Crippen molar-refractivity contribution in [2.75, 3.05) is 11.4 Å². The van der Waals surface area contributed by atoms with Gasteiger partial charge in [0.2, 0.25) is 5.91 Å². The van der Waals surface area contributed by atoms with E-state index in [2.05, 4.69) is 0 Å². The lowest BCUT2D eigenvalue weighted by atomic mass is 10.1. The Morgan fingerprint density at radius 1 is 1.00 bits per heavy atom. The molecule has 1 saturated heterocycles. The molecule has 24 heavy (non-hydrogen) atoms. The fourth-order valence-corrected chi connectivity index (χ4v) is 2.59. The maximum absolute atomic E-state index is 12.1. The molecule has 1 aliphatic heterocycles. The SMILES string of the molecule is Cc1ccc(C(=O)C(=O)Oc2ccc(N3CCCC3=O)cc2)cc1. The van der Waals surface area contributed by atoms with Crippen LogP contribution in [0.3, 0.4) is 0 Å². The average molecular weight is 323 g/mol. The molecule has 2 aromatic carbocycles. The second kappa shape index (κ2) is 6.66. The van der Waals surface area contributed by atoms with E-state index in [1.165, 1.54) is 0 Å². The second-order valence-electron chi connectivity index (χ2n) is 5.73. The maximum atomic E-state index is 12.1. The van der Waals surface area contributed by atoms with Gasteiger partial charge in [-0.05, 0) is 37.6 Å². The highest BCUT2D eigenvalue weighted by atomic mass is 16.5. The quantitative estimate of drug-likeness (QED) is 0.376. The summed E-state index contributed by atoms with van der Waals surface area (Å²) >= 11 is 0. The van der Waals surface area contributed by atoms with E-state index in [1.807, 2.05) is 6.92 Å². The van der Waals surface area contributed by atoms with Crippen LogP contribution in [-0.2, 0) is 9.59 Å². The Morgan fingerprint density at radius 2 is 1.67 bits per heavy atom. The highest BCUT2D eigenvalue weighted by Gasteiger charge is 2.22. The van der Waals surface area contributed by atoms with Gasteiger partial charge in [0.25, 0.3) is 5.78 Å². The summed E-state index contributed by atoms with van der Waals surface area (Å²) in [5.74, 6) is -1.25. The van der Waals surface area contributed by atoms with Crippen molar-refractivity contribution in [2.24, 2.45) is 0 Å². The first kappa shape index (κ1) is 15.9. The van der Waals surface area contributed by atoms with E-state index in [9.17, 15) is 14.4 Å². The third kappa shape index (κ3) is 3.35. The van der Waals surface area contributed by atoms with Crippen LogP contribution in [0.25, 0.3) is 0 Å². The molecule has 0 atom stereocenters. The van der Waals surface area contributed by atoms with Gasteiger partial charge in [0, 0.05) is 24.2 Å². The smallest absolute Gasteiger partial charge is 0.385 e. The Bertz CT molecular complexity index is 778. The Kier molecular flexibility index (Phi) is 4.42. The summed E-state index contributed by atoms with van der Waals surface area (Å²) < 4.78 is 5.11.